The molecule has 1 aliphatic carbocycles. The maximum atomic E-state index is 12.0. The molecule has 0 aromatic heterocycles. The lowest BCUT2D eigenvalue weighted by Gasteiger charge is -2.38. The number of nitriles is 1. The molecular formula is C12H14N2O2S. The van der Waals surface area contributed by atoms with Crippen LogP contribution in [0.1, 0.15) is 31.7 Å². The molecule has 0 radical (unpaired) electrons. The van der Waals surface area contributed by atoms with Crippen LogP contribution in [-0.2, 0) is 10.0 Å². The van der Waals surface area contributed by atoms with Gasteiger partial charge in [0.2, 0.25) is 10.0 Å². The number of hydrogen-bond acceptors (Lipinski definition) is 3. The van der Waals surface area contributed by atoms with E-state index in [1.165, 1.54) is 24.3 Å². The molecule has 0 amide bonds. The van der Waals surface area contributed by atoms with Crippen molar-refractivity contribution in [1.82, 2.24) is 4.72 Å². The minimum absolute atomic E-state index is 0.213. The molecule has 1 aromatic carbocycles. The van der Waals surface area contributed by atoms with Crippen LogP contribution in [0.2, 0.25) is 0 Å². The Bertz CT molecular complexity index is 551. The number of nitrogens with one attached hydrogen (secondary N) is 1. The van der Waals surface area contributed by atoms with Gasteiger partial charge in [-0.25, -0.2) is 13.1 Å². The fourth-order valence-electron chi connectivity index (χ4n) is 1.90. The predicted octanol–water partition coefficient (Wildman–Crippen LogP) is 1.78. The zero-order valence-electron chi connectivity index (χ0n) is 9.60. The Kier molecular flexibility index (Phi) is 2.94. The molecule has 0 aliphatic heterocycles. The predicted molar refractivity (Wildman–Crippen MR) is 63.7 cm³/mol. The van der Waals surface area contributed by atoms with E-state index in [2.05, 4.69) is 4.72 Å². The molecule has 17 heavy (non-hydrogen) atoms. The first-order chi connectivity index (χ1) is 7.95. The number of nitrogens with zero attached hydrogens (tertiary/aromatic N) is 1. The first-order valence-electron chi connectivity index (χ1n) is 5.49. The van der Waals surface area contributed by atoms with E-state index in [1.54, 1.807) is 0 Å². The summed E-state index contributed by atoms with van der Waals surface area (Å²) in [6.45, 7) is 1.91. The second-order valence-electron chi connectivity index (χ2n) is 4.66. The molecule has 1 aromatic rings. The van der Waals surface area contributed by atoms with Gasteiger partial charge in [0.25, 0.3) is 0 Å². The molecule has 1 saturated carbocycles. The molecule has 5 heteroatoms. The van der Waals surface area contributed by atoms with Crippen LogP contribution in [0, 0.1) is 11.3 Å². The summed E-state index contributed by atoms with van der Waals surface area (Å²) in [7, 11) is -3.46. The van der Waals surface area contributed by atoms with Crippen molar-refractivity contribution in [3.05, 3.63) is 29.8 Å². The molecular weight excluding hydrogens is 236 g/mol. The topological polar surface area (TPSA) is 70.0 Å². The standard InChI is InChI=1S/C12H14N2O2S/c1-12(7-2-8-12)14-17(15,16)11-5-3-10(9-13)4-6-11/h3-6,14H,2,7-8H2,1H3. The van der Waals surface area contributed by atoms with Gasteiger partial charge in [-0.2, -0.15) is 5.26 Å². The van der Waals surface area contributed by atoms with E-state index in [0.29, 0.717) is 5.56 Å². The van der Waals surface area contributed by atoms with Crippen molar-refractivity contribution >= 4 is 10.0 Å². The summed E-state index contributed by atoms with van der Waals surface area (Å²) >= 11 is 0. The normalized spacial score (nSPS) is 18.1. The molecule has 1 fully saturated rings. The minimum atomic E-state index is -3.46. The lowest BCUT2D eigenvalue weighted by Crippen LogP contribution is -2.50. The highest BCUT2D eigenvalue weighted by Gasteiger charge is 2.36. The van der Waals surface area contributed by atoms with E-state index in [4.69, 9.17) is 5.26 Å². The lowest BCUT2D eigenvalue weighted by atomic mass is 9.80. The van der Waals surface area contributed by atoms with E-state index in [-0.39, 0.29) is 10.4 Å². The highest BCUT2D eigenvalue weighted by molar-refractivity contribution is 7.89. The van der Waals surface area contributed by atoms with Crippen molar-refractivity contribution < 1.29 is 8.42 Å². The van der Waals surface area contributed by atoms with Gasteiger partial charge in [-0.05, 0) is 50.5 Å². The Hall–Kier alpha value is -1.38. The molecule has 4 nitrogen and oxygen atoms in total. The smallest absolute Gasteiger partial charge is 0.207 e. The molecule has 1 aliphatic rings. The Labute approximate surface area is 101 Å². The Morgan fingerprint density at radius 2 is 1.88 bits per heavy atom. The number of benzene rings is 1. The molecule has 2 rings (SSSR count). The summed E-state index contributed by atoms with van der Waals surface area (Å²) in [4.78, 5) is 0.213. The van der Waals surface area contributed by atoms with Crippen LogP contribution in [0.15, 0.2) is 29.2 Å². The SMILES string of the molecule is CC1(NS(=O)(=O)c2ccc(C#N)cc2)CCC1. The van der Waals surface area contributed by atoms with Gasteiger partial charge in [0.1, 0.15) is 0 Å². The minimum Gasteiger partial charge on any atom is -0.207 e. The zero-order chi connectivity index (χ0) is 12.5. The summed E-state index contributed by atoms with van der Waals surface area (Å²) in [5, 5.41) is 8.65. The third kappa shape index (κ3) is 2.48. The van der Waals surface area contributed by atoms with Crippen LogP contribution in [0.3, 0.4) is 0 Å². The number of rotatable bonds is 3. The maximum Gasteiger partial charge on any atom is 0.241 e. The highest BCUT2D eigenvalue weighted by atomic mass is 32.2. The Balaban J connectivity index is 2.22. The second kappa shape index (κ2) is 4.13. The average molecular weight is 250 g/mol. The summed E-state index contributed by atoms with van der Waals surface area (Å²) in [5.74, 6) is 0. The van der Waals surface area contributed by atoms with Gasteiger partial charge in [0, 0.05) is 5.54 Å². The maximum absolute atomic E-state index is 12.0. The largest absolute Gasteiger partial charge is 0.241 e. The third-order valence-corrected chi connectivity index (χ3v) is 4.79. The molecule has 90 valence electrons. The van der Waals surface area contributed by atoms with E-state index >= 15 is 0 Å². The van der Waals surface area contributed by atoms with E-state index in [1.807, 2.05) is 13.0 Å². The van der Waals surface area contributed by atoms with Crippen LogP contribution in [0.5, 0.6) is 0 Å². The molecule has 0 spiro atoms. The average Bonchev–Trinajstić information content (AvgIpc) is 2.26. The number of hydrogen-bond donors (Lipinski definition) is 1. The van der Waals surface area contributed by atoms with Crippen molar-refractivity contribution in [2.24, 2.45) is 0 Å². The van der Waals surface area contributed by atoms with Gasteiger partial charge < -0.3 is 0 Å². The fourth-order valence-corrected chi connectivity index (χ4v) is 3.37. The second-order valence-corrected chi connectivity index (χ2v) is 6.34. The van der Waals surface area contributed by atoms with Crippen molar-refractivity contribution in [2.75, 3.05) is 0 Å². The van der Waals surface area contributed by atoms with Gasteiger partial charge in [-0.3, -0.25) is 0 Å². The molecule has 0 saturated heterocycles. The summed E-state index contributed by atoms with van der Waals surface area (Å²) in [6, 6.07) is 7.91. The molecule has 0 unspecified atom stereocenters. The van der Waals surface area contributed by atoms with Crippen LogP contribution in [0.25, 0.3) is 0 Å². The van der Waals surface area contributed by atoms with Crippen molar-refractivity contribution in [3.8, 4) is 6.07 Å². The van der Waals surface area contributed by atoms with Gasteiger partial charge in [0.05, 0.1) is 16.5 Å². The van der Waals surface area contributed by atoms with E-state index in [9.17, 15) is 8.42 Å². The van der Waals surface area contributed by atoms with Gasteiger partial charge >= 0.3 is 0 Å². The Morgan fingerprint density at radius 3 is 2.29 bits per heavy atom. The summed E-state index contributed by atoms with van der Waals surface area (Å²) in [5.41, 5.74) is 0.158. The monoisotopic (exact) mass is 250 g/mol. The third-order valence-electron chi connectivity index (χ3n) is 3.13. The molecule has 0 atom stereocenters. The van der Waals surface area contributed by atoms with Crippen molar-refractivity contribution in [1.29, 1.82) is 5.26 Å². The van der Waals surface area contributed by atoms with Crippen LogP contribution < -0.4 is 4.72 Å². The first kappa shape index (κ1) is 12.1. The highest BCUT2D eigenvalue weighted by Crippen LogP contribution is 2.32. The van der Waals surface area contributed by atoms with Gasteiger partial charge in [-0.15, -0.1) is 0 Å². The van der Waals surface area contributed by atoms with E-state index in [0.717, 1.165) is 19.3 Å². The molecule has 0 bridgehead atoms. The number of sulfonamides is 1. The van der Waals surface area contributed by atoms with Crippen LogP contribution in [-0.4, -0.2) is 14.0 Å². The van der Waals surface area contributed by atoms with Crippen LogP contribution >= 0.6 is 0 Å². The van der Waals surface area contributed by atoms with Gasteiger partial charge in [-0.1, -0.05) is 0 Å². The van der Waals surface area contributed by atoms with Crippen molar-refractivity contribution in [3.63, 3.8) is 0 Å². The fraction of sp³-hybridized carbons (Fsp3) is 0.417. The lowest BCUT2D eigenvalue weighted by molar-refractivity contribution is 0.248. The quantitative estimate of drug-likeness (QED) is 0.889. The van der Waals surface area contributed by atoms with Crippen LogP contribution in [0.4, 0.5) is 0 Å². The van der Waals surface area contributed by atoms with Gasteiger partial charge in [0.15, 0.2) is 0 Å². The van der Waals surface area contributed by atoms with Crippen molar-refractivity contribution in [2.45, 2.75) is 36.6 Å². The Morgan fingerprint density at radius 1 is 1.29 bits per heavy atom. The molecule has 0 heterocycles. The van der Waals surface area contributed by atoms with E-state index < -0.39 is 10.0 Å². The summed E-state index contributed by atoms with van der Waals surface area (Å²) in [6.07, 6.45) is 2.82. The zero-order valence-corrected chi connectivity index (χ0v) is 10.4. The first-order valence-corrected chi connectivity index (χ1v) is 6.98. The molecule has 1 N–H and O–H groups in total. The summed E-state index contributed by atoms with van der Waals surface area (Å²) < 4.78 is 26.8.